The van der Waals surface area contributed by atoms with E-state index in [1.54, 1.807) is 0 Å². The standard InChI is InChI=1S/C19H22N2O3S/c1-25(23,24)20-14-15-5-4-6-17(13-15)16-8-10-18(11-9-16)21-12-3-2-7-19(21)22/h4-6,8-11,13,20H,2-3,7,12,14H2,1H3. The Morgan fingerprint density at radius 3 is 2.48 bits per heavy atom. The molecule has 25 heavy (non-hydrogen) atoms. The molecular weight excluding hydrogens is 336 g/mol. The molecule has 0 unspecified atom stereocenters. The molecule has 1 amide bonds. The van der Waals surface area contributed by atoms with Gasteiger partial charge in [0, 0.05) is 25.2 Å². The molecule has 0 saturated carbocycles. The molecule has 0 spiro atoms. The van der Waals surface area contributed by atoms with E-state index in [1.807, 2.05) is 53.4 Å². The van der Waals surface area contributed by atoms with Gasteiger partial charge in [0.1, 0.15) is 0 Å². The van der Waals surface area contributed by atoms with Crippen molar-refractivity contribution in [3.8, 4) is 11.1 Å². The van der Waals surface area contributed by atoms with E-state index in [-0.39, 0.29) is 12.5 Å². The van der Waals surface area contributed by atoms with Crippen LogP contribution in [0.3, 0.4) is 0 Å². The first-order valence-corrected chi connectivity index (χ1v) is 10.3. The quantitative estimate of drug-likeness (QED) is 0.894. The monoisotopic (exact) mass is 358 g/mol. The normalized spacial score (nSPS) is 15.4. The summed E-state index contributed by atoms with van der Waals surface area (Å²) in [6, 6.07) is 15.7. The van der Waals surface area contributed by atoms with Crippen LogP contribution in [0.5, 0.6) is 0 Å². The van der Waals surface area contributed by atoms with Gasteiger partial charge in [-0.25, -0.2) is 13.1 Å². The highest BCUT2D eigenvalue weighted by Gasteiger charge is 2.19. The average molecular weight is 358 g/mol. The number of piperidine rings is 1. The Bertz CT molecular complexity index is 860. The summed E-state index contributed by atoms with van der Waals surface area (Å²) in [6.45, 7) is 1.05. The number of amides is 1. The number of anilines is 1. The van der Waals surface area contributed by atoms with Gasteiger partial charge in [0.2, 0.25) is 15.9 Å². The lowest BCUT2D eigenvalue weighted by molar-refractivity contribution is -0.119. The largest absolute Gasteiger partial charge is 0.312 e. The number of benzene rings is 2. The van der Waals surface area contributed by atoms with E-state index < -0.39 is 10.0 Å². The number of nitrogens with one attached hydrogen (secondary N) is 1. The van der Waals surface area contributed by atoms with Crippen LogP contribution in [0.2, 0.25) is 0 Å². The molecule has 0 aliphatic carbocycles. The highest BCUT2D eigenvalue weighted by Crippen LogP contribution is 2.26. The third kappa shape index (κ3) is 4.67. The summed E-state index contributed by atoms with van der Waals surface area (Å²) in [5, 5.41) is 0. The van der Waals surface area contributed by atoms with E-state index in [4.69, 9.17) is 0 Å². The molecule has 0 aromatic heterocycles. The van der Waals surface area contributed by atoms with Crippen molar-refractivity contribution >= 4 is 21.6 Å². The lowest BCUT2D eigenvalue weighted by Crippen LogP contribution is -2.35. The third-order valence-electron chi connectivity index (χ3n) is 4.30. The minimum Gasteiger partial charge on any atom is -0.312 e. The number of sulfonamides is 1. The molecule has 1 heterocycles. The first-order valence-electron chi connectivity index (χ1n) is 8.37. The predicted octanol–water partition coefficient (Wildman–Crippen LogP) is 2.92. The molecule has 1 N–H and O–H groups in total. The van der Waals surface area contributed by atoms with Crippen molar-refractivity contribution < 1.29 is 13.2 Å². The van der Waals surface area contributed by atoms with E-state index in [0.29, 0.717) is 6.42 Å². The van der Waals surface area contributed by atoms with Gasteiger partial charge in [0.25, 0.3) is 0 Å². The number of carbonyl (C=O) groups excluding carboxylic acids is 1. The van der Waals surface area contributed by atoms with Crippen molar-refractivity contribution in [2.45, 2.75) is 25.8 Å². The van der Waals surface area contributed by atoms with Gasteiger partial charge in [0.15, 0.2) is 0 Å². The lowest BCUT2D eigenvalue weighted by atomic mass is 10.0. The van der Waals surface area contributed by atoms with Crippen molar-refractivity contribution in [2.75, 3.05) is 17.7 Å². The molecule has 1 saturated heterocycles. The Hall–Kier alpha value is -2.18. The fraction of sp³-hybridized carbons (Fsp3) is 0.316. The molecular formula is C19H22N2O3S. The third-order valence-corrected chi connectivity index (χ3v) is 4.97. The highest BCUT2D eigenvalue weighted by molar-refractivity contribution is 7.88. The molecule has 5 nitrogen and oxygen atoms in total. The minimum absolute atomic E-state index is 0.188. The summed E-state index contributed by atoms with van der Waals surface area (Å²) in [7, 11) is -3.21. The fourth-order valence-corrected chi connectivity index (χ4v) is 3.42. The second-order valence-corrected chi connectivity index (χ2v) is 8.18. The van der Waals surface area contributed by atoms with Gasteiger partial charge in [-0.05, 0) is 47.7 Å². The summed E-state index contributed by atoms with van der Waals surface area (Å²) in [5.74, 6) is 0.188. The van der Waals surface area contributed by atoms with Crippen LogP contribution in [-0.4, -0.2) is 27.1 Å². The molecule has 1 aliphatic heterocycles. The lowest BCUT2D eigenvalue weighted by Gasteiger charge is -2.26. The second-order valence-electron chi connectivity index (χ2n) is 6.34. The van der Waals surface area contributed by atoms with Crippen LogP contribution >= 0.6 is 0 Å². The zero-order chi connectivity index (χ0) is 17.9. The molecule has 0 radical (unpaired) electrons. The Balaban J connectivity index is 1.77. The molecule has 1 fully saturated rings. The fourth-order valence-electron chi connectivity index (χ4n) is 2.99. The van der Waals surface area contributed by atoms with Crippen LogP contribution in [0.15, 0.2) is 48.5 Å². The number of nitrogens with zero attached hydrogens (tertiary/aromatic N) is 1. The Morgan fingerprint density at radius 1 is 1.04 bits per heavy atom. The first kappa shape index (κ1) is 17.6. The molecule has 1 aliphatic rings. The van der Waals surface area contributed by atoms with E-state index in [0.717, 1.165) is 48.0 Å². The predicted molar refractivity (Wildman–Crippen MR) is 99.8 cm³/mol. The van der Waals surface area contributed by atoms with Crippen LogP contribution in [0.25, 0.3) is 11.1 Å². The number of hydrogen-bond acceptors (Lipinski definition) is 3. The van der Waals surface area contributed by atoms with Gasteiger partial charge < -0.3 is 4.90 Å². The summed E-state index contributed by atoms with van der Waals surface area (Å²) < 4.78 is 25.0. The van der Waals surface area contributed by atoms with Crippen molar-refractivity contribution in [1.29, 1.82) is 0 Å². The second kappa shape index (κ2) is 7.37. The van der Waals surface area contributed by atoms with Gasteiger partial charge >= 0.3 is 0 Å². The Morgan fingerprint density at radius 2 is 1.80 bits per heavy atom. The molecule has 0 atom stereocenters. The Labute approximate surface area is 148 Å². The van der Waals surface area contributed by atoms with E-state index >= 15 is 0 Å². The molecule has 6 heteroatoms. The van der Waals surface area contributed by atoms with Gasteiger partial charge in [0.05, 0.1) is 6.26 Å². The van der Waals surface area contributed by atoms with Gasteiger partial charge in [-0.15, -0.1) is 0 Å². The Kier molecular flexibility index (Phi) is 5.20. The smallest absolute Gasteiger partial charge is 0.226 e. The maximum atomic E-state index is 12.0. The minimum atomic E-state index is -3.21. The van der Waals surface area contributed by atoms with Crippen molar-refractivity contribution in [3.05, 3.63) is 54.1 Å². The maximum absolute atomic E-state index is 12.0. The highest BCUT2D eigenvalue weighted by atomic mass is 32.2. The summed E-state index contributed by atoms with van der Waals surface area (Å²) >= 11 is 0. The molecule has 132 valence electrons. The van der Waals surface area contributed by atoms with Crippen LogP contribution in [-0.2, 0) is 21.4 Å². The van der Waals surface area contributed by atoms with Crippen molar-refractivity contribution in [3.63, 3.8) is 0 Å². The molecule has 2 aromatic carbocycles. The average Bonchev–Trinajstić information content (AvgIpc) is 2.60. The van der Waals surface area contributed by atoms with E-state index in [2.05, 4.69) is 4.72 Å². The topological polar surface area (TPSA) is 66.5 Å². The molecule has 2 aromatic rings. The van der Waals surface area contributed by atoms with Crippen LogP contribution in [0.1, 0.15) is 24.8 Å². The number of hydrogen-bond donors (Lipinski definition) is 1. The van der Waals surface area contributed by atoms with Crippen LogP contribution in [0.4, 0.5) is 5.69 Å². The molecule has 3 rings (SSSR count). The van der Waals surface area contributed by atoms with Gasteiger partial charge in [-0.1, -0.05) is 30.3 Å². The number of rotatable bonds is 5. The van der Waals surface area contributed by atoms with Crippen molar-refractivity contribution in [2.24, 2.45) is 0 Å². The zero-order valence-electron chi connectivity index (χ0n) is 14.2. The van der Waals surface area contributed by atoms with Crippen molar-refractivity contribution in [1.82, 2.24) is 4.72 Å². The SMILES string of the molecule is CS(=O)(=O)NCc1cccc(-c2ccc(N3CCCCC3=O)cc2)c1. The van der Waals surface area contributed by atoms with Gasteiger partial charge in [-0.2, -0.15) is 0 Å². The van der Waals surface area contributed by atoms with E-state index in [9.17, 15) is 13.2 Å². The zero-order valence-corrected chi connectivity index (χ0v) is 15.1. The van der Waals surface area contributed by atoms with Crippen LogP contribution in [0, 0.1) is 0 Å². The first-order chi connectivity index (χ1) is 11.9. The number of carbonyl (C=O) groups is 1. The van der Waals surface area contributed by atoms with E-state index in [1.165, 1.54) is 0 Å². The maximum Gasteiger partial charge on any atom is 0.226 e. The van der Waals surface area contributed by atoms with Gasteiger partial charge in [-0.3, -0.25) is 4.79 Å². The summed E-state index contributed by atoms with van der Waals surface area (Å²) in [6.07, 6.45) is 3.79. The summed E-state index contributed by atoms with van der Waals surface area (Å²) in [4.78, 5) is 13.9. The van der Waals surface area contributed by atoms with Crippen LogP contribution < -0.4 is 9.62 Å². The summed E-state index contributed by atoms with van der Waals surface area (Å²) in [5.41, 5.74) is 3.89. The molecule has 0 bridgehead atoms.